The largest absolute Gasteiger partial charge is 0.316 e. The van der Waals surface area contributed by atoms with E-state index >= 15 is 0 Å². The van der Waals surface area contributed by atoms with Crippen LogP contribution in [0.4, 0.5) is 0 Å². The Morgan fingerprint density at radius 2 is 2.00 bits per heavy atom. The summed E-state index contributed by atoms with van der Waals surface area (Å²) in [7, 11) is 0. The van der Waals surface area contributed by atoms with Gasteiger partial charge < -0.3 is 5.32 Å². The lowest BCUT2D eigenvalue weighted by Crippen LogP contribution is -2.42. The van der Waals surface area contributed by atoms with E-state index in [1.807, 2.05) is 0 Å². The maximum absolute atomic E-state index is 3.58. The van der Waals surface area contributed by atoms with Crippen LogP contribution in [0.5, 0.6) is 0 Å². The van der Waals surface area contributed by atoms with Gasteiger partial charge in [-0.3, -0.25) is 0 Å². The number of rotatable bonds is 1. The molecule has 13 heavy (non-hydrogen) atoms. The molecule has 1 heterocycles. The smallest absolute Gasteiger partial charge is 0.000782 e. The minimum absolute atomic E-state index is 0.726. The first-order valence-corrected chi connectivity index (χ1v) is 6.05. The van der Waals surface area contributed by atoms with E-state index in [1.54, 1.807) is 0 Å². The van der Waals surface area contributed by atoms with Gasteiger partial charge in [0.2, 0.25) is 0 Å². The average Bonchev–Trinajstić information content (AvgIpc) is 2.20. The normalized spacial score (nSPS) is 40.8. The van der Waals surface area contributed by atoms with Crippen molar-refractivity contribution in [1.82, 2.24) is 5.32 Å². The highest BCUT2D eigenvalue weighted by molar-refractivity contribution is 4.89. The molecule has 1 aliphatic carbocycles. The quantitative estimate of drug-likeness (QED) is 0.656. The van der Waals surface area contributed by atoms with Crippen molar-refractivity contribution in [2.75, 3.05) is 13.1 Å². The molecule has 1 N–H and O–H groups in total. The lowest BCUT2D eigenvalue weighted by atomic mass is 9.66. The molecule has 1 spiro atoms. The van der Waals surface area contributed by atoms with E-state index in [1.165, 1.54) is 58.0 Å². The third kappa shape index (κ3) is 2.07. The lowest BCUT2D eigenvalue weighted by molar-refractivity contribution is 0.110. The highest BCUT2D eigenvalue weighted by Crippen LogP contribution is 2.43. The van der Waals surface area contributed by atoms with Crippen LogP contribution in [0.3, 0.4) is 0 Å². The van der Waals surface area contributed by atoms with Crippen LogP contribution < -0.4 is 5.32 Å². The van der Waals surface area contributed by atoms with Gasteiger partial charge >= 0.3 is 0 Å². The Bertz CT molecular complexity index is 149. The van der Waals surface area contributed by atoms with Gasteiger partial charge in [0.15, 0.2) is 0 Å². The molecule has 0 aromatic carbocycles. The van der Waals surface area contributed by atoms with Crippen LogP contribution >= 0.6 is 0 Å². The fourth-order valence-corrected chi connectivity index (χ4v) is 3.16. The highest BCUT2D eigenvalue weighted by atomic mass is 14.9. The summed E-state index contributed by atoms with van der Waals surface area (Å²) in [4.78, 5) is 0. The zero-order valence-corrected chi connectivity index (χ0v) is 8.94. The van der Waals surface area contributed by atoms with Crippen LogP contribution in [0.15, 0.2) is 0 Å². The molecular weight excluding hydrogens is 158 g/mol. The SMILES string of the molecule is CCC1CCC2(CCCNC2)CC1. The summed E-state index contributed by atoms with van der Waals surface area (Å²) < 4.78 is 0. The Hall–Kier alpha value is -0.0400. The highest BCUT2D eigenvalue weighted by Gasteiger charge is 2.35. The minimum atomic E-state index is 0.726. The number of hydrogen-bond acceptors (Lipinski definition) is 1. The second kappa shape index (κ2) is 4.00. The van der Waals surface area contributed by atoms with E-state index in [2.05, 4.69) is 12.2 Å². The van der Waals surface area contributed by atoms with Crippen molar-refractivity contribution < 1.29 is 0 Å². The predicted octanol–water partition coefficient (Wildman–Crippen LogP) is 2.96. The molecule has 0 bridgehead atoms. The summed E-state index contributed by atoms with van der Waals surface area (Å²) in [5, 5.41) is 3.58. The lowest BCUT2D eigenvalue weighted by Gasteiger charge is -2.43. The summed E-state index contributed by atoms with van der Waals surface area (Å²) >= 11 is 0. The molecule has 1 heteroatoms. The maximum Gasteiger partial charge on any atom is 0.000782 e. The van der Waals surface area contributed by atoms with Crippen molar-refractivity contribution in [2.45, 2.75) is 51.9 Å². The molecule has 76 valence electrons. The van der Waals surface area contributed by atoms with E-state index in [0.29, 0.717) is 0 Å². The predicted molar refractivity (Wildman–Crippen MR) is 56.8 cm³/mol. The number of piperidine rings is 1. The Balaban J connectivity index is 1.87. The topological polar surface area (TPSA) is 12.0 Å². The molecule has 0 amide bonds. The second-order valence-electron chi connectivity index (χ2n) is 5.13. The molecule has 0 atom stereocenters. The first kappa shape index (κ1) is 9.51. The number of hydrogen-bond donors (Lipinski definition) is 1. The molecule has 0 radical (unpaired) electrons. The van der Waals surface area contributed by atoms with E-state index in [4.69, 9.17) is 0 Å². The molecule has 0 unspecified atom stereocenters. The van der Waals surface area contributed by atoms with Gasteiger partial charge in [-0.2, -0.15) is 0 Å². The Morgan fingerprint density at radius 3 is 2.54 bits per heavy atom. The van der Waals surface area contributed by atoms with Gasteiger partial charge in [0.05, 0.1) is 0 Å². The Labute approximate surface area is 82.3 Å². The molecule has 0 aromatic heterocycles. The van der Waals surface area contributed by atoms with Crippen molar-refractivity contribution in [1.29, 1.82) is 0 Å². The van der Waals surface area contributed by atoms with Crippen LogP contribution in [-0.2, 0) is 0 Å². The Kier molecular flexibility index (Phi) is 2.92. The zero-order chi connectivity index (χ0) is 9.15. The van der Waals surface area contributed by atoms with Crippen molar-refractivity contribution in [3.8, 4) is 0 Å². The third-order valence-electron chi connectivity index (χ3n) is 4.30. The zero-order valence-electron chi connectivity index (χ0n) is 8.94. The van der Waals surface area contributed by atoms with Gasteiger partial charge in [0.1, 0.15) is 0 Å². The summed E-state index contributed by atoms with van der Waals surface area (Å²) in [6.45, 7) is 4.92. The molecule has 0 aromatic rings. The molecule has 1 nitrogen and oxygen atoms in total. The fourth-order valence-electron chi connectivity index (χ4n) is 3.16. The molecular formula is C12H23N. The van der Waals surface area contributed by atoms with Gasteiger partial charge in [-0.15, -0.1) is 0 Å². The van der Waals surface area contributed by atoms with E-state index in [0.717, 1.165) is 11.3 Å². The summed E-state index contributed by atoms with van der Waals surface area (Å²) in [5.74, 6) is 1.05. The van der Waals surface area contributed by atoms with Crippen LogP contribution in [-0.4, -0.2) is 13.1 Å². The average molecular weight is 181 g/mol. The molecule has 1 saturated carbocycles. The van der Waals surface area contributed by atoms with Crippen LogP contribution in [0.1, 0.15) is 51.9 Å². The summed E-state index contributed by atoms with van der Waals surface area (Å²) in [6.07, 6.45) is 10.3. The maximum atomic E-state index is 3.58. The van der Waals surface area contributed by atoms with Gasteiger partial charge in [-0.1, -0.05) is 13.3 Å². The van der Waals surface area contributed by atoms with E-state index < -0.39 is 0 Å². The van der Waals surface area contributed by atoms with Gasteiger partial charge in [-0.05, 0) is 56.4 Å². The van der Waals surface area contributed by atoms with Crippen LogP contribution in [0.25, 0.3) is 0 Å². The van der Waals surface area contributed by atoms with Gasteiger partial charge in [0, 0.05) is 6.54 Å². The first-order valence-electron chi connectivity index (χ1n) is 6.05. The van der Waals surface area contributed by atoms with Gasteiger partial charge in [0.25, 0.3) is 0 Å². The van der Waals surface area contributed by atoms with Crippen LogP contribution in [0.2, 0.25) is 0 Å². The molecule has 2 fully saturated rings. The first-order chi connectivity index (χ1) is 6.35. The van der Waals surface area contributed by atoms with Crippen molar-refractivity contribution in [3.63, 3.8) is 0 Å². The molecule has 2 aliphatic rings. The fraction of sp³-hybridized carbons (Fsp3) is 1.00. The van der Waals surface area contributed by atoms with Crippen molar-refractivity contribution >= 4 is 0 Å². The summed E-state index contributed by atoms with van der Waals surface area (Å²) in [5.41, 5.74) is 0.726. The second-order valence-corrected chi connectivity index (χ2v) is 5.13. The van der Waals surface area contributed by atoms with E-state index in [9.17, 15) is 0 Å². The molecule has 1 saturated heterocycles. The van der Waals surface area contributed by atoms with Crippen molar-refractivity contribution in [3.05, 3.63) is 0 Å². The Morgan fingerprint density at radius 1 is 1.23 bits per heavy atom. The van der Waals surface area contributed by atoms with Crippen LogP contribution in [0, 0.1) is 11.3 Å². The third-order valence-corrected chi connectivity index (χ3v) is 4.30. The van der Waals surface area contributed by atoms with E-state index in [-0.39, 0.29) is 0 Å². The van der Waals surface area contributed by atoms with Gasteiger partial charge in [-0.25, -0.2) is 0 Å². The monoisotopic (exact) mass is 181 g/mol. The molecule has 1 aliphatic heterocycles. The summed E-state index contributed by atoms with van der Waals surface area (Å²) in [6, 6.07) is 0. The number of nitrogens with one attached hydrogen (secondary N) is 1. The molecule has 2 rings (SSSR count). The minimum Gasteiger partial charge on any atom is -0.316 e. The standard InChI is InChI=1S/C12H23N/c1-2-11-4-7-12(8-5-11)6-3-9-13-10-12/h11,13H,2-10H2,1H3. The van der Waals surface area contributed by atoms with Crippen molar-refractivity contribution in [2.24, 2.45) is 11.3 Å².